The molecular weight excluding hydrogens is 304 g/mol. The van der Waals surface area contributed by atoms with Crippen molar-refractivity contribution in [2.24, 2.45) is 0 Å². The zero-order chi connectivity index (χ0) is 16.5. The lowest BCUT2D eigenvalue weighted by atomic mass is 10.0. The molecule has 4 nitrogen and oxygen atoms in total. The number of hydrogen-bond donors (Lipinski definition) is 1. The molecule has 24 heavy (non-hydrogen) atoms. The van der Waals surface area contributed by atoms with E-state index in [-0.39, 0.29) is 23.9 Å². The molecule has 4 heteroatoms. The van der Waals surface area contributed by atoms with Gasteiger partial charge >= 0.3 is 0 Å². The summed E-state index contributed by atoms with van der Waals surface area (Å²) in [5, 5.41) is 11.9. The van der Waals surface area contributed by atoms with Crippen LogP contribution >= 0.6 is 0 Å². The molecule has 0 atom stereocenters. The summed E-state index contributed by atoms with van der Waals surface area (Å²) < 4.78 is 10.6. The van der Waals surface area contributed by atoms with E-state index in [1.54, 1.807) is 24.3 Å². The van der Waals surface area contributed by atoms with Crippen LogP contribution in [0.5, 0.6) is 17.2 Å². The van der Waals surface area contributed by atoms with Gasteiger partial charge in [0.1, 0.15) is 5.75 Å². The number of carbonyl (C=O) groups is 1. The van der Waals surface area contributed by atoms with Gasteiger partial charge in [0.15, 0.2) is 17.3 Å². The monoisotopic (exact) mass is 318 g/mol. The average molecular weight is 318 g/mol. The Morgan fingerprint density at radius 1 is 1.00 bits per heavy atom. The lowest BCUT2D eigenvalue weighted by Crippen LogP contribution is -1.95. The summed E-state index contributed by atoms with van der Waals surface area (Å²) >= 11 is 0. The Hall–Kier alpha value is -3.27. The van der Waals surface area contributed by atoms with E-state index in [0.29, 0.717) is 16.9 Å². The fraction of sp³-hybridized carbons (Fsp3) is 0.0500. The van der Waals surface area contributed by atoms with Crippen molar-refractivity contribution in [3.63, 3.8) is 0 Å². The minimum absolute atomic E-state index is 0.00781. The van der Waals surface area contributed by atoms with Gasteiger partial charge in [-0.25, -0.2) is 0 Å². The first-order valence-corrected chi connectivity index (χ1v) is 7.55. The van der Waals surface area contributed by atoms with Crippen LogP contribution in [0.2, 0.25) is 0 Å². The Morgan fingerprint density at radius 2 is 1.83 bits per heavy atom. The predicted octanol–water partition coefficient (Wildman–Crippen LogP) is 4.17. The van der Waals surface area contributed by atoms with Gasteiger partial charge in [-0.2, -0.15) is 0 Å². The zero-order valence-electron chi connectivity index (χ0n) is 12.7. The van der Waals surface area contributed by atoms with Crippen LogP contribution in [-0.2, 0) is 0 Å². The highest BCUT2D eigenvalue weighted by Crippen LogP contribution is 2.33. The van der Waals surface area contributed by atoms with E-state index in [9.17, 15) is 9.90 Å². The zero-order valence-corrected chi connectivity index (χ0v) is 12.7. The van der Waals surface area contributed by atoms with Crippen molar-refractivity contribution in [3.05, 3.63) is 71.8 Å². The summed E-state index contributed by atoms with van der Waals surface area (Å²) in [4.78, 5) is 12.4. The number of rotatable bonds is 3. The van der Waals surface area contributed by atoms with Crippen LogP contribution in [0.1, 0.15) is 15.9 Å². The number of aromatic hydroxyl groups is 1. The molecule has 0 unspecified atom stereocenters. The minimum Gasteiger partial charge on any atom is -0.507 e. The van der Waals surface area contributed by atoms with Crippen LogP contribution in [0.15, 0.2) is 60.7 Å². The van der Waals surface area contributed by atoms with Crippen LogP contribution in [0, 0.1) is 0 Å². The van der Waals surface area contributed by atoms with Gasteiger partial charge in [0.25, 0.3) is 0 Å². The van der Waals surface area contributed by atoms with Gasteiger partial charge in [0.2, 0.25) is 6.79 Å². The molecule has 0 aliphatic carbocycles. The maximum absolute atomic E-state index is 12.4. The molecule has 0 saturated heterocycles. The largest absolute Gasteiger partial charge is 0.507 e. The molecule has 4 rings (SSSR count). The quantitative estimate of drug-likeness (QED) is 0.582. The molecule has 1 aliphatic heterocycles. The molecule has 0 aromatic heterocycles. The van der Waals surface area contributed by atoms with E-state index in [4.69, 9.17) is 9.47 Å². The number of carbonyl (C=O) groups excluding carboxylic acids is 1. The summed E-state index contributed by atoms with van der Waals surface area (Å²) in [6.45, 7) is 0.215. The van der Waals surface area contributed by atoms with Crippen molar-refractivity contribution in [3.8, 4) is 17.2 Å². The fourth-order valence-corrected chi connectivity index (χ4v) is 2.73. The molecule has 1 heterocycles. The molecule has 0 saturated carbocycles. The second-order valence-corrected chi connectivity index (χ2v) is 5.49. The van der Waals surface area contributed by atoms with Gasteiger partial charge in [-0.3, -0.25) is 4.79 Å². The predicted molar refractivity (Wildman–Crippen MR) is 91.5 cm³/mol. The summed E-state index contributed by atoms with van der Waals surface area (Å²) in [5.74, 6) is 1.12. The van der Waals surface area contributed by atoms with Gasteiger partial charge in [0, 0.05) is 5.39 Å². The Bertz CT molecular complexity index is 973. The number of fused-ring (bicyclic) bond motifs is 2. The van der Waals surface area contributed by atoms with Gasteiger partial charge in [-0.05, 0) is 35.2 Å². The van der Waals surface area contributed by atoms with Crippen LogP contribution in [0.4, 0.5) is 0 Å². The van der Waals surface area contributed by atoms with Crippen molar-refractivity contribution in [1.82, 2.24) is 0 Å². The summed E-state index contributed by atoms with van der Waals surface area (Å²) in [7, 11) is 0. The molecule has 0 amide bonds. The molecule has 0 radical (unpaired) electrons. The summed E-state index contributed by atoms with van der Waals surface area (Å²) in [5.41, 5.74) is 1.11. The third-order valence-corrected chi connectivity index (χ3v) is 3.99. The topological polar surface area (TPSA) is 55.8 Å². The van der Waals surface area contributed by atoms with E-state index in [1.807, 2.05) is 36.4 Å². The lowest BCUT2D eigenvalue weighted by Gasteiger charge is -2.05. The second kappa shape index (κ2) is 5.74. The van der Waals surface area contributed by atoms with E-state index < -0.39 is 0 Å². The molecule has 0 spiro atoms. The van der Waals surface area contributed by atoms with Gasteiger partial charge < -0.3 is 14.6 Å². The number of allylic oxidation sites excluding steroid dienone is 1. The van der Waals surface area contributed by atoms with E-state index >= 15 is 0 Å². The van der Waals surface area contributed by atoms with Crippen LogP contribution in [0.3, 0.4) is 0 Å². The molecule has 0 fully saturated rings. The van der Waals surface area contributed by atoms with E-state index in [0.717, 1.165) is 10.9 Å². The molecule has 1 N–H and O–H groups in total. The molecule has 118 valence electrons. The third kappa shape index (κ3) is 2.48. The number of ether oxygens (including phenoxy) is 2. The first-order chi connectivity index (χ1) is 11.7. The summed E-state index contributed by atoms with van der Waals surface area (Å²) in [6, 6.07) is 16.3. The van der Waals surface area contributed by atoms with Crippen molar-refractivity contribution in [2.45, 2.75) is 0 Å². The van der Waals surface area contributed by atoms with Gasteiger partial charge in [0.05, 0.1) is 5.56 Å². The number of phenolic OH excluding ortho intramolecular Hbond substituents is 1. The number of phenols is 1. The molecule has 3 aromatic rings. The second-order valence-electron chi connectivity index (χ2n) is 5.49. The Kier molecular flexibility index (Phi) is 3.43. The Labute approximate surface area is 138 Å². The summed E-state index contributed by atoms with van der Waals surface area (Å²) in [6.07, 6.45) is 3.14. The number of ketones is 1. The smallest absolute Gasteiger partial charge is 0.231 e. The molecule has 1 aliphatic rings. The maximum atomic E-state index is 12.4. The lowest BCUT2D eigenvalue weighted by molar-refractivity contribution is 0.104. The van der Waals surface area contributed by atoms with Crippen molar-refractivity contribution in [2.75, 3.05) is 6.79 Å². The van der Waals surface area contributed by atoms with Crippen LogP contribution in [0.25, 0.3) is 16.8 Å². The highest BCUT2D eigenvalue weighted by atomic mass is 16.7. The number of hydrogen-bond acceptors (Lipinski definition) is 4. The highest BCUT2D eigenvalue weighted by Gasteiger charge is 2.13. The van der Waals surface area contributed by atoms with Gasteiger partial charge in [-0.15, -0.1) is 0 Å². The third-order valence-electron chi connectivity index (χ3n) is 3.99. The van der Waals surface area contributed by atoms with Crippen LogP contribution in [-0.4, -0.2) is 17.7 Å². The normalized spacial score (nSPS) is 12.8. The Morgan fingerprint density at radius 3 is 2.75 bits per heavy atom. The van der Waals surface area contributed by atoms with Crippen molar-refractivity contribution >= 4 is 22.6 Å². The highest BCUT2D eigenvalue weighted by molar-refractivity contribution is 6.11. The van der Waals surface area contributed by atoms with E-state index in [2.05, 4.69) is 0 Å². The maximum Gasteiger partial charge on any atom is 0.231 e. The SMILES string of the molecule is O=C(/C=C/c1ccc2c(c1)OCO2)c1ccc2ccccc2c1O. The fourth-order valence-electron chi connectivity index (χ4n) is 2.73. The average Bonchev–Trinajstić information content (AvgIpc) is 3.08. The van der Waals surface area contributed by atoms with Crippen molar-refractivity contribution in [1.29, 1.82) is 0 Å². The number of benzene rings is 3. The Balaban J connectivity index is 1.63. The first-order valence-electron chi connectivity index (χ1n) is 7.55. The molecule has 0 bridgehead atoms. The molecular formula is C20H14O4. The first kappa shape index (κ1) is 14.3. The van der Waals surface area contributed by atoms with Crippen molar-refractivity contribution < 1.29 is 19.4 Å². The van der Waals surface area contributed by atoms with E-state index in [1.165, 1.54) is 6.08 Å². The van der Waals surface area contributed by atoms with Crippen LogP contribution < -0.4 is 9.47 Å². The standard InChI is InChI=1S/C20H14O4/c21-17(9-5-13-6-10-18-19(11-13)24-12-23-18)16-8-7-14-3-1-2-4-15(14)20(16)22/h1-11,22H,12H2/b9-5+. The molecule has 3 aromatic carbocycles. The minimum atomic E-state index is -0.254. The van der Waals surface area contributed by atoms with Gasteiger partial charge in [-0.1, -0.05) is 42.5 Å².